The first kappa shape index (κ1) is 20.4. The van der Waals surface area contributed by atoms with Crippen molar-refractivity contribution >= 4 is 29.7 Å². The van der Waals surface area contributed by atoms with Crippen LogP contribution < -0.4 is 16.0 Å². The first-order chi connectivity index (χ1) is 11.7. The first-order valence-corrected chi connectivity index (χ1v) is 7.71. The van der Waals surface area contributed by atoms with E-state index in [1.54, 1.807) is 0 Å². The lowest BCUT2D eigenvalue weighted by Crippen LogP contribution is -2.54. The minimum atomic E-state index is -1.68. The van der Waals surface area contributed by atoms with Crippen LogP contribution in [0.3, 0.4) is 0 Å². The Morgan fingerprint density at radius 3 is 2.16 bits per heavy atom. The van der Waals surface area contributed by atoms with Crippen molar-refractivity contribution in [1.82, 2.24) is 16.0 Å². The van der Waals surface area contributed by atoms with Gasteiger partial charge in [0.2, 0.25) is 11.8 Å². The van der Waals surface area contributed by atoms with Gasteiger partial charge in [0.25, 0.3) is 0 Å². The van der Waals surface area contributed by atoms with Gasteiger partial charge in [-0.25, -0.2) is 4.79 Å². The van der Waals surface area contributed by atoms with Crippen molar-refractivity contribution in [3.05, 3.63) is 0 Å². The van der Waals surface area contributed by atoms with Gasteiger partial charge in [-0.05, 0) is 25.8 Å². The number of aliphatic carboxylic acids is 3. The first-order valence-electron chi connectivity index (χ1n) is 7.71. The molecule has 25 heavy (non-hydrogen) atoms. The Morgan fingerprint density at radius 1 is 1.00 bits per heavy atom. The summed E-state index contributed by atoms with van der Waals surface area (Å²) in [4.78, 5) is 56.7. The molecule has 1 aliphatic heterocycles. The van der Waals surface area contributed by atoms with E-state index in [0.717, 1.165) is 6.42 Å². The SMILES string of the molecule is O=C(O)CCC(NC(=O)C1CCCN1)C(=O)NC(CC(=O)O)C(=O)O. The number of hydrogen-bond acceptors (Lipinski definition) is 6. The summed E-state index contributed by atoms with van der Waals surface area (Å²) in [5.41, 5.74) is 0. The molecule has 0 aromatic rings. The van der Waals surface area contributed by atoms with Gasteiger partial charge in [-0.3, -0.25) is 19.2 Å². The highest BCUT2D eigenvalue weighted by molar-refractivity contribution is 5.93. The maximum atomic E-state index is 12.2. The van der Waals surface area contributed by atoms with E-state index in [2.05, 4.69) is 10.6 Å². The molecule has 0 aromatic heterocycles. The number of rotatable bonds is 10. The average Bonchev–Trinajstić information content (AvgIpc) is 3.04. The Balaban J connectivity index is 2.75. The zero-order valence-corrected chi connectivity index (χ0v) is 13.4. The van der Waals surface area contributed by atoms with Crippen molar-refractivity contribution in [2.45, 2.75) is 50.2 Å². The summed E-state index contributed by atoms with van der Waals surface area (Å²) >= 11 is 0. The minimum absolute atomic E-state index is 0.251. The zero-order chi connectivity index (χ0) is 19.0. The largest absolute Gasteiger partial charge is 0.481 e. The normalized spacial score (nSPS) is 18.8. The second-order valence-corrected chi connectivity index (χ2v) is 5.64. The van der Waals surface area contributed by atoms with Crippen LogP contribution in [-0.4, -0.2) is 69.7 Å². The van der Waals surface area contributed by atoms with Crippen molar-refractivity contribution < 1.29 is 39.3 Å². The number of carbonyl (C=O) groups is 5. The Bertz CT molecular complexity index is 544. The molecular weight excluding hydrogens is 338 g/mol. The van der Waals surface area contributed by atoms with Crippen LogP contribution in [-0.2, 0) is 24.0 Å². The van der Waals surface area contributed by atoms with Crippen molar-refractivity contribution in [2.75, 3.05) is 6.54 Å². The van der Waals surface area contributed by atoms with E-state index >= 15 is 0 Å². The van der Waals surface area contributed by atoms with Crippen LogP contribution in [0.1, 0.15) is 32.1 Å². The van der Waals surface area contributed by atoms with E-state index in [9.17, 15) is 24.0 Å². The predicted molar refractivity (Wildman–Crippen MR) is 81.6 cm³/mol. The molecule has 0 saturated carbocycles. The maximum absolute atomic E-state index is 12.2. The highest BCUT2D eigenvalue weighted by Crippen LogP contribution is 2.07. The fourth-order valence-corrected chi connectivity index (χ4v) is 2.36. The van der Waals surface area contributed by atoms with Crippen LogP contribution in [0.5, 0.6) is 0 Å². The molecule has 6 N–H and O–H groups in total. The molecular formula is C14H21N3O8. The van der Waals surface area contributed by atoms with E-state index in [1.165, 1.54) is 0 Å². The molecule has 11 heteroatoms. The second kappa shape index (κ2) is 9.57. The van der Waals surface area contributed by atoms with Crippen molar-refractivity contribution in [3.8, 4) is 0 Å². The van der Waals surface area contributed by atoms with Crippen LogP contribution in [0.15, 0.2) is 0 Å². The van der Waals surface area contributed by atoms with Crippen LogP contribution >= 0.6 is 0 Å². The highest BCUT2D eigenvalue weighted by Gasteiger charge is 2.30. The maximum Gasteiger partial charge on any atom is 0.326 e. The Kier molecular flexibility index (Phi) is 7.79. The third kappa shape index (κ3) is 7.16. The molecule has 140 valence electrons. The van der Waals surface area contributed by atoms with E-state index in [4.69, 9.17) is 15.3 Å². The van der Waals surface area contributed by atoms with E-state index in [-0.39, 0.29) is 6.42 Å². The van der Waals surface area contributed by atoms with Gasteiger partial charge in [-0.15, -0.1) is 0 Å². The topological polar surface area (TPSA) is 182 Å². The standard InChI is InChI=1S/C14H21N3O8/c18-10(19)4-3-8(16-12(22)7-2-1-5-15-7)13(23)17-9(14(24)25)6-11(20)21/h7-9,15H,1-6H2,(H,16,22)(H,17,23)(H,18,19)(H,20,21)(H,24,25). The molecule has 1 saturated heterocycles. The summed E-state index contributed by atoms with van der Waals surface area (Å²) in [6.45, 7) is 0.643. The van der Waals surface area contributed by atoms with Gasteiger partial charge in [0, 0.05) is 6.42 Å². The summed E-state index contributed by atoms with van der Waals surface area (Å²) in [7, 11) is 0. The van der Waals surface area contributed by atoms with Gasteiger partial charge < -0.3 is 31.3 Å². The molecule has 2 amide bonds. The third-order valence-electron chi connectivity index (χ3n) is 3.65. The number of nitrogens with one attached hydrogen (secondary N) is 3. The summed E-state index contributed by atoms with van der Waals surface area (Å²) in [6, 6.07) is -3.46. The van der Waals surface area contributed by atoms with Crippen molar-refractivity contribution in [3.63, 3.8) is 0 Å². The molecule has 0 spiro atoms. The van der Waals surface area contributed by atoms with Crippen LogP contribution in [0.25, 0.3) is 0 Å². The van der Waals surface area contributed by atoms with Crippen LogP contribution in [0.4, 0.5) is 0 Å². The Hall–Kier alpha value is -2.69. The number of amides is 2. The zero-order valence-electron chi connectivity index (χ0n) is 13.4. The molecule has 1 aliphatic rings. The molecule has 1 heterocycles. The minimum Gasteiger partial charge on any atom is -0.481 e. The van der Waals surface area contributed by atoms with Gasteiger partial charge in [0.15, 0.2) is 0 Å². The smallest absolute Gasteiger partial charge is 0.326 e. The number of hydrogen-bond donors (Lipinski definition) is 6. The molecule has 3 atom stereocenters. The summed E-state index contributed by atoms with van der Waals surface area (Å²) in [5, 5.41) is 33.7. The van der Waals surface area contributed by atoms with E-state index in [1.807, 2.05) is 5.32 Å². The number of carboxylic acid groups (broad SMARTS) is 3. The number of carboxylic acids is 3. The fourth-order valence-electron chi connectivity index (χ4n) is 2.36. The lowest BCUT2D eigenvalue weighted by molar-refractivity contribution is -0.147. The van der Waals surface area contributed by atoms with Crippen molar-refractivity contribution in [2.24, 2.45) is 0 Å². The Morgan fingerprint density at radius 2 is 1.68 bits per heavy atom. The molecule has 11 nitrogen and oxygen atoms in total. The quantitative estimate of drug-likeness (QED) is 0.260. The predicted octanol–water partition coefficient (Wildman–Crippen LogP) is -1.87. The highest BCUT2D eigenvalue weighted by atomic mass is 16.4. The van der Waals surface area contributed by atoms with Gasteiger partial charge >= 0.3 is 17.9 Å². The van der Waals surface area contributed by atoms with E-state index in [0.29, 0.717) is 13.0 Å². The van der Waals surface area contributed by atoms with Crippen LogP contribution in [0.2, 0.25) is 0 Å². The van der Waals surface area contributed by atoms with Gasteiger partial charge in [0.1, 0.15) is 12.1 Å². The average molecular weight is 359 g/mol. The molecule has 1 rings (SSSR count). The molecule has 0 bridgehead atoms. The fraction of sp³-hybridized carbons (Fsp3) is 0.643. The molecule has 0 aromatic carbocycles. The third-order valence-corrected chi connectivity index (χ3v) is 3.65. The van der Waals surface area contributed by atoms with Gasteiger partial charge in [-0.2, -0.15) is 0 Å². The Labute approximate surface area is 142 Å². The molecule has 1 fully saturated rings. The lowest BCUT2D eigenvalue weighted by Gasteiger charge is -2.22. The second-order valence-electron chi connectivity index (χ2n) is 5.64. The lowest BCUT2D eigenvalue weighted by atomic mass is 10.1. The number of carbonyl (C=O) groups excluding carboxylic acids is 2. The van der Waals surface area contributed by atoms with Crippen molar-refractivity contribution in [1.29, 1.82) is 0 Å². The van der Waals surface area contributed by atoms with Gasteiger partial charge in [-0.1, -0.05) is 0 Å². The summed E-state index contributed by atoms with van der Waals surface area (Å²) in [5.74, 6) is -5.59. The monoisotopic (exact) mass is 359 g/mol. The summed E-state index contributed by atoms with van der Waals surface area (Å²) < 4.78 is 0. The summed E-state index contributed by atoms with van der Waals surface area (Å²) in [6.07, 6.45) is -0.170. The van der Waals surface area contributed by atoms with Gasteiger partial charge in [0.05, 0.1) is 12.5 Å². The molecule has 0 radical (unpaired) electrons. The van der Waals surface area contributed by atoms with Crippen LogP contribution in [0, 0.1) is 0 Å². The van der Waals surface area contributed by atoms with E-state index < -0.39 is 60.7 Å². The molecule has 3 unspecified atom stereocenters. The molecule has 0 aliphatic carbocycles.